The highest BCUT2D eigenvalue weighted by Crippen LogP contribution is 2.28. The number of morpholine rings is 1. The number of nitrogens with one attached hydrogen (secondary N) is 4. The van der Waals surface area contributed by atoms with Crippen molar-refractivity contribution in [2.24, 2.45) is 35.5 Å². The number of carbonyl (C=O) groups is 11. The van der Waals surface area contributed by atoms with Gasteiger partial charge in [-0.25, -0.2) is 0 Å². The lowest BCUT2D eigenvalue weighted by atomic mass is 9.91. The van der Waals surface area contributed by atoms with Gasteiger partial charge in [-0.3, -0.25) is 57.6 Å². The first kappa shape index (κ1) is 88.3. The third-order valence-corrected chi connectivity index (χ3v) is 19.9. The highest BCUT2D eigenvalue weighted by molar-refractivity contribution is 6.69. The third-order valence-electron chi connectivity index (χ3n) is 18.9. The van der Waals surface area contributed by atoms with Gasteiger partial charge in [-0.2, -0.15) is 0 Å². The molecule has 0 aliphatic carbocycles. The minimum atomic E-state index is -2.64. The zero-order chi connectivity index (χ0) is 75.3. The van der Waals surface area contributed by atoms with Gasteiger partial charge in [0.05, 0.1) is 25.4 Å². The Bertz CT molecular complexity index is 2640. The molecule has 0 aromatic rings. The number of hydrogen-bond acceptors (Lipinski definition) is 16. The largest absolute Gasteiger partial charge is 0.412 e. The van der Waals surface area contributed by atoms with Gasteiger partial charge in [-0.1, -0.05) is 83.1 Å². The van der Waals surface area contributed by atoms with Crippen LogP contribution in [0.3, 0.4) is 0 Å². The number of unbranched alkanes of at least 4 members (excludes halogenated alkanes) is 1. The zero-order valence-electron chi connectivity index (χ0n) is 64.6. The first-order chi connectivity index (χ1) is 45.4. The summed E-state index contributed by atoms with van der Waals surface area (Å²) in [6, 6.07) is -14.0. The maximum Gasteiger partial charge on any atom is 0.246 e. The number of hydrogen-bond donors (Lipinski definition) is 5. The highest BCUT2D eigenvalue weighted by atomic mass is 28.4. The van der Waals surface area contributed by atoms with E-state index in [2.05, 4.69) is 26.2 Å². The lowest BCUT2D eigenvalue weighted by molar-refractivity contribution is -0.157. The Balaban J connectivity index is 3.08. The van der Waals surface area contributed by atoms with Crippen molar-refractivity contribution < 1.29 is 71.7 Å². The fourth-order valence-electron chi connectivity index (χ4n) is 12.8. The van der Waals surface area contributed by atoms with E-state index in [0.717, 1.165) is 26.1 Å². The van der Waals surface area contributed by atoms with Gasteiger partial charge in [0.15, 0.2) is 8.32 Å². The van der Waals surface area contributed by atoms with Gasteiger partial charge in [-0.15, -0.1) is 0 Å². The van der Waals surface area contributed by atoms with Gasteiger partial charge in [-0.05, 0) is 134 Å². The van der Waals surface area contributed by atoms with Crippen molar-refractivity contribution in [1.82, 2.24) is 60.5 Å². The van der Waals surface area contributed by atoms with Gasteiger partial charge >= 0.3 is 0 Å². The molecule has 564 valence electrons. The van der Waals surface area contributed by atoms with Crippen LogP contribution in [0.15, 0.2) is 0 Å². The Kier molecular flexibility index (Phi) is 36.6. The average Bonchev–Trinajstić information content (AvgIpc) is 0.797. The van der Waals surface area contributed by atoms with E-state index in [1.807, 2.05) is 61.2 Å². The van der Waals surface area contributed by atoms with Crippen LogP contribution in [-0.4, -0.2) is 292 Å². The van der Waals surface area contributed by atoms with E-state index >= 15 is 33.6 Å². The summed E-state index contributed by atoms with van der Waals surface area (Å²) in [4.78, 5) is 176. The van der Waals surface area contributed by atoms with Crippen molar-refractivity contribution in [2.75, 3.05) is 95.4 Å². The maximum atomic E-state index is 15.6. The Labute approximate surface area is 588 Å². The molecule has 11 amide bonds. The number of amides is 11. The van der Waals surface area contributed by atoms with E-state index in [4.69, 9.17) is 13.9 Å². The van der Waals surface area contributed by atoms with Crippen LogP contribution >= 0.6 is 0 Å². The summed E-state index contributed by atoms with van der Waals surface area (Å²) in [6.07, 6.45) is -0.0876. The summed E-state index contributed by atoms with van der Waals surface area (Å²) in [5, 5.41) is 21.6. The van der Waals surface area contributed by atoms with Crippen LogP contribution in [0.2, 0.25) is 19.6 Å². The zero-order valence-corrected chi connectivity index (χ0v) is 65.6. The summed E-state index contributed by atoms with van der Waals surface area (Å²) in [5.41, 5.74) is 0. The molecular weight excluding hydrogens is 1280 g/mol. The van der Waals surface area contributed by atoms with Crippen LogP contribution in [-0.2, 0) is 66.6 Å². The molecule has 0 spiro atoms. The number of likely N-dealkylation sites (N-methyl/N-ethyl adjacent to an activating group) is 7. The van der Waals surface area contributed by atoms with E-state index in [0.29, 0.717) is 19.6 Å². The molecule has 28 heteroatoms. The van der Waals surface area contributed by atoms with Crippen molar-refractivity contribution in [3.8, 4) is 0 Å². The molecule has 2 heterocycles. The smallest absolute Gasteiger partial charge is 0.246 e. The Morgan fingerprint density at radius 2 is 0.969 bits per heavy atom. The summed E-state index contributed by atoms with van der Waals surface area (Å²) < 4.78 is 18.7. The van der Waals surface area contributed by atoms with E-state index < -0.39 is 170 Å². The predicted octanol–water partition coefficient (Wildman–Crippen LogP) is 3.40. The van der Waals surface area contributed by atoms with Crippen molar-refractivity contribution in [3.63, 3.8) is 0 Å². The molecule has 5 N–H and O–H groups in total. The van der Waals surface area contributed by atoms with Crippen LogP contribution in [0, 0.1) is 35.5 Å². The molecule has 98 heavy (non-hydrogen) atoms. The molecule has 2 aliphatic heterocycles. The van der Waals surface area contributed by atoms with Gasteiger partial charge in [0, 0.05) is 75.6 Å². The summed E-state index contributed by atoms with van der Waals surface area (Å²) in [7, 11) is 7.42. The third kappa shape index (κ3) is 25.4. The van der Waals surface area contributed by atoms with E-state index in [-0.39, 0.29) is 63.1 Å². The standard InChI is InChI=1S/C70H130N12O15Si/c1-27-51-66(90)75(17)49(15)65(89)80(22)57(50(16)96-35-29-28-31-82-32-36-95-37-33-82)62(86)74-55(44(8)9)69(93)76(18)52(38-41(2)3)61(85)71-47(13)60(84)72-48(14)64(88)77(19)53(39-42(4)5)67(91)78(20)54(40-43(6)7)68(92)79(21)56(45(10)11)70(94)81(23)58(63(87)73-51)59(46(12)30-34-83)97-98(24,25)26/h41-59,83H,27-40H2,1-26H3,(H,71,85)(H,72,84)(H,73,87)(H,74,86)/t46-,47+,48-,49-,50-,51+,52+,53+,54+,55+,56+,57+,58+,59-/m1/s1. The molecule has 2 aliphatic rings. The van der Waals surface area contributed by atoms with Gasteiger partial charge in [0.1, 0.15) is 66.5 Å². The van der Waals surface area contributed by atoms with Gasteiger partial charge in [0.25, 0.3) is 0 Å². The van der Waals surface area contributed by atoms with Crippen LogP contribution in [0.4, 0.5) is 0 Å². The molecule has 0 bridgehead atoms. The van der Waals surface area contributed by atoms with Crippen LogP contribution < -0.4 is 21.3 Å². The molecule has 0 radical (unpaired) electrons. The molecule has 0 saturated carbocycles. The first-order valence-corrected chi connectivity index (χ1v) is 39.1. The number of nitrogens with zero attached hydrogens (tertiary/aromatic N) is 8. The minimum absolute atomic E-state index is 0.00630. The van der Waals surface area contributed by atoms with Crippen LogP contribution in [0.25, 0.3) is 0 Å². The van der Waals surface area contributed by atoms with E-state index in [1.165, 1.54) is 104 Å². The lowest BCUT2D eigenvalue weighted by Crippen LogP contribution is -2.65. The molecule has 14 atom stereocenters. The van der Waals surface area contributed by atoms with Gasteiger partial charge in [0.2, 0.25) is 65.0 Å². The molecule has 0 aromatic heterocycles. The number of aliphatic hydroxyl groups excluding tert-OH is 1. The average molecular weight is 1410 g/mol. The Morgan fingerprint density at radius 3 is 1.46 bits per heavy atom. The first-order valence-electron chi connectivity index (χ1n) is 35.7. The number of rotatable bonds is 22. The molecular formula is C70H130N12O15Si. The maximum absolute atomic E-state index is 15.6. The normalized spacial score (nSPS) is 27.2. The number of aliphatic hydroxyl groups is 1. The highest BCUT2D eigenvalue weighted by Gasteiger charge is 2.48. The quantitative estimate of drug-likeness (QED) is 0.0766. The van der Waals surface area contributed by atoms with Crippen molar-refractivity contribution in [3.05, 3.63) is 0 Å². The fraction of sp³-hybridized carbons (Fsp3) is 0.843. The minimum Gasteiger partial charge on any atom is -0.412 e. The van der Waals surface area contributed by atoms with Crippen molar-refractivity contribution in [2.45, 2.75) is 254 Å². The molecule has 2 saturated heterocycles. The second kappa shape index (κ2) is 40.6. The molecule has 0 aromatic carbocycles. The summed E-state index contributed by atoms with van der Waals surface area (Å²) >= 11 is 0. The SMILES string of the molecule is CC[C@@H]1NC(=O)[C@H]([C@H](O[Si](C)(C)C)[C@H](C)CCO)N(C)C(=O)[C@H](C(C)C)N(C)C(=O)[C@H](CC(C)C)N(C)C(=O)[C@H](CC(C)C)N(C)C(=O)[C@@H](C)NC(=O)[C@H](C)NC(=O)[C@H](CC(C)C)N(C)C(=O)[C@H](C(C)C)NC(=O)[C@H]([C@@H](C)OCCCCN2CCOCC2)N(C)C(=O)[C@@H](C)N(C)C1=O. The molecule has 2 rings (SSSR count). The van der Waals surface area contributed by atoms with Crippen LogP contribution in [0.1, 0.15) is 156 Å². The van der Waals surface area contributed by atoms with Crippen LogP contribution in [0.5, 0.6) is 0 Å². The summed E-state index contributed by atoms with van der Waals surface area (Å²) in [5.74, 6) is -9.75. The topological polar surface area (TPSA) is 310 Å². The predicted molar refractivity (Wildman–Crippen MR) is 380 cm³/mol. The Morgan fingerprint density at radius 1 is 0.500 bits per heavy atom. The molecule has 27 nitrogen and oxygen atoms in total. The Hall–Kier alpha value is -5.81. The van der Waals surface area contributed by atoms with E-state index in [9.17, 15) is 24.3 Å². The number of ether oxygens (including phenoxy) is 2. The second-order valence-corrected chi connectivity index (χ2v) is 34.9. The van der Waals surface area contributed by atoms with E-state index in [1.54, 1.807) is 48.5 Å². The molecule has 2 fully saturated rings. The monoisotopic (exact) mass is 1410 g/mol. The lowest BCUT2D eigenvalue weighted by Gasteiger charge is -2.43. The van der Waals surface area contributed by atoms with Crippen molar-refractivity contribution >= 4 is 73.3 Å². The van der Waals surface area contributed by atoms with Gasteiger partial charge < -0.3 is 74.6 Å². The molecule has 0 unspecified atom stereocenters. The second-order valence-electron chi connectivity index (χ2n) is 30.4. The van der Waals surface area contributed by atoms with Crippen molar-refractivity contribution in [1.29, 1.82) is 0 Å². The summed E-state index contributed by atoms with van der Waals surface area (Å²) in [6.45, 7) is 37.0. The number of carbonyl (C=O) groups excluding carboxylic acids is 11. The fourth-order valence-corrected chi connectivity index (χ4v) is 13.9.